The first-order valence-corrected chi connectivity index (χ1v) is 13.0. The van der Waals surface area contributed by atoms with Gasteiger partial charge in [-0.2, -0.15) is 0 Å². The van der Waals surface area contributed by atoms with Gasteiger partial charge in [0.15, 0.2) is 0 Å². The van der Waals surface area contributed by atoms with Crippen molar-refractivity contribution < 1.29 is 0 Å². The van der Waals surface area contributed by atoms with Gasteiger partial charge in [-0.05, 0) is 73.5 Å². The number of nitrogens with zero attached hydrogens (tertiary/aromatic N) is 3. The normalized spacial score (nSPS) is 12.0. The van der Waals surface area contributed by atoms with Crippen LogP contribution in [0.2, 0.25) is 10.0 Å². The number of aromatic nitrogens is 1. The summed E-state index contributed by atoms with van der Waals surface area (Å²) in [6.07, 6.45) is 0. The van der Waals surface area contributed by atoms with E-state index in [1.807, 2.05) is 129 Å². The van der Waals surface area contributed by atoms with Crippen LogP contribution in [0.3, 0.4) is 0 Å². The van der Waals surface area contributed by atoms with Crippen molar-refractivity contribution in [2.24, 2.45) is 9.98 Å². The van der Waals surface area contributed by atoms with Gasteiger partial charge in [0.05, 0.1) is 34.2 Å². The number of benzene rings is 4. The average molecular weight is 534 g/mol. The third-order valence-corrected chi connectivity index (χ3v) is 6.58. The Bertz CT molecular complexity index is 1520. The summed E-state index contributed by atoms with van der Waals surface area (Å²) in [5, 5.41) is 1.37. The molecule has 0 N–H and O–H groups in total. The standard InChI is InChI=1S/C33H25Cl2N3/c1-22-20-26(34)16-18-28(22)37-32(24-10-5-3-6-11-24)30-14-9-15-31(36-30)33(25-12-7-4-8-13-25)38-29-19-17-27(35)21-23(29)2/h3-21H,1-2H3/b37-32+,38-33+. The van der Waals surface area contributed by atoms with Crippen LogP contribution < -0.4 is 0 Å². The van der Waals surface area contributed by atoms with E-state index in [9.17, 15) is 0 Å². The van der Waals surface area contributed by atoms with E-state index in [1.165, 1.54) is 0 Å². The molecule has 5 rings (SSSR count). The van der Waals surface area contributed by atoms with E-state index in [2.05, 4.69) is 0 Å². The predicted octanol–water partition coefficient (Wildman–Crippen LogP) is 9.34. The second-order valence-electron chi connectivity index (χ2n) is 8.92. The van der Waals surface area contributed by atoms with Crippen molar-refractivity contribution in [1.29, 1.82) is 0 Å². The summed E-state index contributed by atoms with van der Waals surface area (Å²) in [6.45, 7) is 4.01. The highest BCUT2D eigenvalue weighted by Crippen LogP contribution is 2.27. The second kappa shape index (κ2) is 11.6. The van der Waals surface area contributed by atoms with E-state index in [-0.39, 0.29) is 0 Å². The minimum Gasteiger partial charge on any atom is -0.246 e. The molecule has 38 heavy (non-hydrogen) atoms. The van der Waals surface area contributed by atoms with Crippen molar-refractivity contribution in [3.63, 3.8) is 0 Å². The summed E-state index contributed by atoms with van der Waals surface area (Å²) < 4.78 is 0. The third kappa shape index (κ3) is 5.91. The summed E-state index contributed by atoms with van der Waals surface area (Å²) in [5.74, 6) is 0. The van der Waals surface area contributed by atoms with Crippen molar-refractivity contribution >= 4 is 46.0 Å². The molecule has 0 bridgehead atoms. The first-order valence-electron chi connectivity index (χ1n) is 12.3. The van der Waals surface area contributed by atoms with Gasteiger partial charge in [-0.3, -0.25) is 0 Å². The predicted molar refractivity (Wildman–Crippen MR) is 160 cm³/mol. The molecule has 0 saturated carbocycles. The van der Waals surface area contributed by atoms with E-state index in [0.29, 0.717) is 10.0 Å². The summed E-state index contributed by atoms with van der Waals surface area (Å²) >= 11 is 12.4. The summed E-state index contributed by atoms with van der Waals surface area (Å²) in [7, 11) is 0. The van der Waals surface area contributed by atoms with Crippen LogP contribution >= 0.6 is 23.2 Å². The zero-order valence-electron chi connectivity index (χ0n) is 21.1. The topological polar surface area (TPSA) is 37.6 Å². The van der Waals surface area contributed by atoms with Gasteiger partial charge in [0.2, 0.25) is 0 Å². The molecule has 0 spiro atoms. The molecule has 3 nitrogen and oxygen atoms in total. The highest BCUT2D eigenvalue weighted by Gasteiger charge is 2.15. The third-order valence-electron chi connectivity index (χ3n) is 6.11. The molecule has 186 valence electrons. The van der Waals surface area contributed by atoms with E-state index < -0.39 is 0 Å². The largest absolute Gasteiger partial charge is 0.246 e. The van der Waals surface area contributed by atoms with Crippen LogP contribution in [-0.4, -0.2) is 16.4 Å². The maximum Gasteiger partial charge on any atom is 0.0966 e. The molecule has 1 heterocycles. The number of pyridine rings is 1. The monoisotopic (exact) mass is 533 g/mol. The quantitative estimate of drug-likeness (QED) is 0.200. The van der Waals surface area contributed by atoms with Crippen molar-refractivity contribution in [3.05, 3.63) is 159 Å². The zero-order valence-corrected chi connectivity index (χ0v) is 22.6. The van der Waals surface area contributed by atoms with Crippen LogP contribution in [0.1, 0.15) is 33.6 Å². The average Bonchev–Trinajstić information content (AvgIpc) is 2.93. The fourth-order valence-corrected chi connectivity index (χ4v) is 4.61. The van der Waals surface area contributed by atoms with Crippen LogP contribution in [0.15, 0.2) is 125 Å². The molecule has 0 atom stereocenters. The molecule has 0 aliphatic carbocycles. The van der Waals surface area contributed by atoms with Crippen LogP contribution in [0, 0.1) is 13.8 Å². The van der Waals surface area contributed by atoms with Crippen LogP contribution in [0.4, 0.5) is 11.4 Å². The fraction of sp³-hybridized carbons (Fsp3) is 0.0606. The highest BCUT2D eigenvalue weighted by atomic mass is 35.5. The first kappa shape index (κ1) is 25.6. The smallest absolute Gasteiger partial charge is 0.0966 e. The van der Waals surface area contributed by atoms with Crippen LogP contribution in [0.5, 0.6) is 0 Å². The van der Waals surface area contributed by atoms with Crippen LogP contribution in [-0.2, 0) is 0 Å². The van der Waals surface area contributed by atoms with Crippen molar-refractivity contribution in [1.82, 2.24) is 4.98 Å². The van der Waals surface area contributed by atoms with Crippen molar-refractivity contribution in [2.45, 2.75) is 13.8 Å². The summed E-state index contributed by atoms with van der Waals surface area (Å²) in [6, 6.07) is 37.6. The Morgan fingerprint density at radius 1 is 0.526 bits per heavy atom. The van der Waals surface area contributed by atoms with Gasteiger partial charge < -0.3 is 0 Å². The lowest BCUT2D eigenvalue weighted by atomic mass is 10.0. The van der Waals surface area contributed by atoms with Gasteiger partial charge in [-0.1, -0.05) is 89.9 Å². The molecule has 0 saturated heterocycles. The Hall–Kier alpha value is -4.05. The zero-order chi connectivity index (χ0) is 26.5. The summed E-state index contributed by atoms with van der Waals surface area (Å²) in [4.78, 5) is 15.2. The Morgan fingerprint density at radius 2 is 0.947 bits per heavy atom. The SMILES string of the molecule is Cc1cc(Cl)ccc1/N=C(\c1ccccc1)c1cccc(/C(=N/c2ccc(Cl)cc2C)c2ccccc2)n1. The van der Waals surface area contributed by atoms with E-state index in [4.69, 9.17) is 38.2 Å². The van der Waals surface area contributed by atoms with Gasteiger partial charge >= 0.3 is 0 Å². The van der Waals surface area contributed by atoms with E-state index in [0.717, 1.165) is 56.4 Å². The van der Waals surface area contributed by atoms with E-state index in [1.54, 1.807) is 0 Å². The molecule has 0 unspecified atom stereocenters. The maximum atomic E-state index is 6.21. The Balaban J connectivity index is 1.68. The maximum absolute atomic E-state index is 6.21. The minimum atomic E-state index is 0.684. The molecule has 0 fully saturated rings. The van der Waals surface area contributed by atoms with Gasteiger partial charge in [-0.15, -0.1) is 0 Å². The lowest BCUT2D eigenvalue weighted by Crippen LogP contribution is -2.11. The molecule has 0 amide bonds. The Morgan fingerprint density at radius 3 is 1.34 bits per heavy atom. The lowest BCUT2D eigenvalue weighted by molar-refractivity contribution is 1.24. The number of aryl methyl sites for hydroxylation is 2. The number of hydrogen-bond donors (Lipinski definition) is 0. The van der Waals surface area contributed by atoms with Crippen LogP contribution in [0.25, 0.3) is 0 Å². The molecule has 4 aromatic carbocycles. The molecule has 5 aromatic rings. The number of hydrogen-bond acceptors (Lipinski definition) is 3. The molecular weight excluding hydrogens is 509 g/mol. The first-order chi connectivity index (χ1) is 18.5. The number of aliphatic imine (C=N–C) groups is 2. The fourth-order valence-electron chi connectivity index (χ4n) is 4.16. The van der Waals surface area contributed by atoms with Gasteiger partial charge in [0.1, 0.15) is 0 Å². The Kier molecular flexibility index (Phi) is 7.78. The lowest BCUT2D eigenvalue weighted by Gasteiger charge is -2.12. The van der Waals surface area contributed by atoms with Crippen molar-refractivity contribution in [3.8, 4) is 0 Å². The van der Waals surface area contributed by atoms with Crippen molar-refractivity contribution in [2.75, 3.05) is 0 Å². The van der Waals surface area contributed by atoms with E-state index >= 15 is 0 Å². The molecule has 0 aliphatic heterocycles. The Labute approximate surface area is 233 Å². The molecule has 0 radical (unpaired) electrons. The molecule has 5 heteroatoms. The molecule has 0 aliphatic rings. The molecular formula is C33H25Cl2N3. The minimum absolute atomic E-state index is 0.684. The highest BCUT2D eigenvalue weighted by molar-refractivity contribution is 6.31. The summed E-state index contributed by atoms with van der Waals surface area (Å²) in [5.41, 5.74) is 8.65. The van der Waals surface area contributed by atoms with Gasteiger partial charge in [-0.25, -0.2) is 15.0 Å². The second-order valence-corrected chi connectivity index (χ2v) is 9.80. The van der Waals surface area contributed by atoms with Gasteiger partial charge in [0.25, 0.3) is 0 Å². The number of rotatable bonds is 6. The number of halogens is 2. The molecule has 1 aromatic heterocycles. The van der Waals surface area contributed by atoms with Gasteiger partial charge in [0, 0.05) is 21.2 Å².